The van der Waals surface area contributed by atoms with E-state index in [1.807, 2.05) is 6.92 Å². The van der Waals surface area contributed by atoms with E-state index in [0.29, 0.717) is 11.3 Å². The summed E-state index contributed by atoms with van der Waals surface area (Å²) in [7, 11) is -3.65. The van der Waals surface area contributed by atoms with Gasteiger partial charge in [0.05, 0.1) is 4.90 Å². The van der Waals surface area contributed by atoms with Crippen molar-refractivity contribution in [3.8, 4) is 0 Å². The summed E-state index contributed by atoms with van der Waals surface area (Å²) < 4.78 is 27.1. The summed E-state index contributed by atoms with van der Waals surface area (Å²) in [5.74, 6) is 0. The molecule has 0 unspecified atom stereocenters. The Morgan fingerprint density at radius 3 is 2.45 bits per heavy atom. The van der Waals surface area contributed by atoms with Gasteiger partial charge in [0.2, 0.25) is 5.24 Å². The van der Waals surface area contributed by atoms with Crippen molar-refractivity contribution in [2.75, 3.05) is 4.72 Å². The molecule has 114 valence electrons. The molecule has 0 fully saturated rings. The van der Waals surface area contributed by atoms with Crippen LogP contribution in [-0.2, 0) is 14.8 Å². The van der Waals surface area contributed by atoms with E-state index in [2.05, 4.69) is 4.72 Å². The summed E-state index contributed by atoms with van der Waals surface area (Å²) in [6.07, 6.45) is 2.72. The fourth-order valence-corrected chi connectivity index (χ4v) is 2.91. The first-order valence-electron chi connectivity index (χ1n) is 6.44. The van der Waals surface area contributed by atoms with Gasteiger partial charge in [0, 0.05) is 5.69 Å². The second-order valence-corrected chi connectivity index (χ2v) is 6.74. The first-order chi connectivity index (χ1) is 10.4. The number of allylic oxidation sites excluding steroid dienone is 1. The van der Waals surface area contributed by atoms with Crippen LogP contribution in [0.3, 0.4) is 0 Å². The molecular weight excluding hydrogens is 322 g/mol. The Kier molecular flexibility index (Phi) is 5.00. The maximum Gasteiger partial charge on any atom is 0.261 e. The lowest BCUT2D eigenvalue weighted by molar-refractivity contribution is -0.107. The first kappa shape index (κ1) is 16.3. The van der Waals surface area contributed by atoms with Crippen LogP contribution < -0.4 is 4.72 Å². The van der Waals surface area contributed by atoms with Gasteiger partial charge in [0.1, 0.15) is 0 Å². The lowest BCUT2D eigenvalue weighted by Gasteiger charge is -2.09. The SMILES string of the molecule is Cc1ccc(S(=O)(=O)Nc2cccc(C=CC(=O)Cl)c2)cc1. The molecular formula is C16H14ClNO3S. The van der Waals surface area contributed by atoms with Crippen LogP contribution in [0, 0.1) is 6.92 Å². The van der Waals surface area contributed by atoms with Crippen molar-refractivity contribution >= 4 is 38.6 Å². The van der Waals surface area contributed by atoms with Crippen LogP contribution in [-0.4, -0.2) is 13.7 Å². The largest absolute Gasteiger partial charge is 0.280 e. The highest BCUT2D eigenvalue weighted by atomic mass is 35.5. The van der Waals surface area contributed by atoms with E-state index in [9.17, 15) is 13.2 Å². The Hall–Kier alpha value is -2.11. The van der Waals surface area contributed by atoms with E-state index >= 15 is 0 Å². The van der Waals surface area contributed by atoms with Crippen LogP contribution in [0.25, 0.3) is 6.08 Å². The number of carbonyl (C=O) groups excluding carboxylic acids is 1. The van der Waals surface area contributed by atoms with Crippen molar-refractivity contribution < 1.29 is 13.2 Å². The number of hydrogen-bond donors (Lipinski definition) is 1. The summed E-state index contributed by atoms with van der Waals surface area (Å²) in [4.78, 5) is 10.9. The van der Waals surface area contributed by atoms with Crippen LogP contribution >= 0.6 is 11.6 Å². The van der Waals surface area contributed by atoms with Crippen molar-refractivity contribution in [1.82, 2.24) is 0 Å². The number of sulfonamides is 1. The number of anilines is 1. The molecule has 0 saturated carbocycles. The van der Waals surface area contributed by atoms with E-state index in [0.717, 1.165) is 5.56 Å². The fraction of sp³-hybridized carbons (Fsp3) is 0.0625. The van der Waals surface area contributed by atoms with Gasteiger partial charge in [-0.15, -0.1) is 0 Å². The molecule has 0 radical (unpaired) electrons. The quantitative estimate of drug-likeness (QED) is 0.671. The highest BCUT2D eigenvalue weighted by Gasteiger charge is 2.13. The van der Waals surface area contributed by atoms with Crippen molar-refractivity contribution in [1.29, 1.82) is 0 Å². The number of aryl methyl sites for hydroxylation is 1. The highest BCUT2D eigenvalue weighted by molar-refractivity contribution is 7.92. The average Bonchev–Trinajstić information content (AvgIpc) is 2.45. The van der Waals surface area contributed by atoms with E-state index in [4.69, 9.17) is 11.6 Å². The number of hydrogen-bond acceptors (Lipinski definition) is 3. The molecule has 0 aromatic heterocycles. The summed E-state index contributed by atoms with van der Waals surface area (Å²) in [5.41, 5.74) is 2.06. The van der Waals surface area contributed by atoms with Gasteiger partial charge in [-0.25, -0.2) is 8.42 Å². The van der Waals surface area contributed by atoms with E-state index in [-0.39, 0.29) is 4.90 Å². The van der Waals surface area contributed by atoms with Gasteiger partial charge >= 0.3 is 0 Å². The summed E-state index contributed by atoms with van der Waals surface area (Å²) in [6, 6.07) is 13.2. The molecule has 2 rings (SSSR count). The van der Waals surface area contributed by atoms with E-state index in [1.165, 1.54) is 12.2 Å². The number of rotatable bonds is 5. The van der Waals surface area contributed by atoms with Gasteiger partial charge in [-0.1, -0.05) is 35.9 Å². The average molecular weight is 336 g/mol. The molecule has 1 N–H and O–H groups in total. The van der Waals surface area contributed by atoms with Crippen molar-refractivity contribution in [2.24, 2.45) is 0 Å². The lowest BCUT2D eigenvalue weighted by atomic mass is 10.2. The Morgan fingerprint density at radius 1 is 1.14 bits per heavy atom. The van der Waals surface area contributed by atoms with Gasteiger partial charge < -0.3 is 0 Å². The third-order valence-electron chi connectivity index (χ3n) is 2.88. The molecule has 0 amide bonds. The number of carbonyl (C=O) groups is 1. The molecule has 0 aliphatic carbocycles. The molecule has 2 aromatic rings. The maximum atomic E-state index is 12.3. The Balaban J connectivity index is 2.24. The van der Waals surface area contributed by atoms with Gasteiger partial charge in [0.25, 0.3) is 10.0 Å². The molecule has 0 aliphatic rings. The number of nitrogens with one attached hydrogen (secondary N) is 1. The zero-order valence-electron chi connectivity index (χ0n) is 11.8. The molecule has 22 heavy (non-hydrogen) atoms. The minimum absolute atomic E-state index is 0.190. The Morgan fingerprint density at radius 2 is 1.82 bits per heavy atom. The van der Waals surface area contributed by atoms with Crippen LogP contribution in [0.5, 0.6) is 0 Å². The smallest absolute Gasteiger partial charge is 0.261 e. The summed E-state index contributed by atoms with van der Waals surface area (Å²) >= 11 is 5.23. The molecule has 0 aliphatic heterocycles. The molecule has 0 atom stereocenters. The van der Waals surface area contributed by atoms with E-state index in [1.54, 1.807) is 48.5 Å². The first-order valence-corrected chi connectivity index (χ1v) is 8.30. The predicted molar refractivity (Wildman–Crippen MR) is 88.3 cm³/mol. The topological polar surface area (TPSA) is 63.2 Å². The highest BCUT2D eigenvalue weighted by Crippen LogP contribution is 2.18. The number of benzene rings is 2. The molecule has 4 nitrogen and oxygen atoms in total. The van der Waals surface area contributed by atoms with Gasteiger partial charge in [-0.3, -0.25) is 9.52 Å². The van der Waals surface area contributed by atoms with Gasteiger partial charge in [-0.2, -0.15) is 0 Å². The molecule has 2 aromatic carbocycles. The van der Waals surface area contributed by atoms with Crippen molar-refractivity contribution in [3.63, 3.8) is 0 Å². The third kappa shape index (κ3) is 4.44. The molecule has 6 heteroatoms. The van der Waals surface area contributed by atoms with Crippen LogP contribution in [0.4, 0.5) is 5.69 Å². The summed E-state index contributed by atoms with van der Waals surface area (Å²) in [5, 5.41) is -0.592. The third-order valence-corrected chi connectivity index (χ3v) is 4.40. The second kappa shape index (κ2) is 6.77. The normalized spacial score (nSPS) is 11.5. The second-order valence-electron chi connectivity index (χ2n) is 4.68. The Labute approximate surface area is 134 Å². The maximum absolute atomic E-state index is 12.3. The number of halogens is 1. The monoisotopic (exact) mass is 335 g/mol. The van der Waals surface area contributed by atoms with Gasteiger partial charge in [0.15, 0.2) is 0 Å². The Bertz CT molecular complexity index is 812. The zero-order chi connectivity index (χ0) is 16.2. The zero-order valence-corrected chi connectivity index (χ0v) is 13.4. The minimum atomic E-state index is -3.65. The molecule has 0 saturated heterocycles. The minimum Gasteiger partial charge on any atom is -0.280 e. The fourth-order valence-electron chi connectivity index (χ4n) is 1.80. The van der Waals surface area contributed by atoms with Gasteiger partial charge in [-0.05, 0) is 54.4 Å². The molecule has 0 spiro atoms. The van der Waals surface area contributed by atoms with Crippen LogP contribution in [0.1, 0.15) is 11.1 Å². The van der Waals surface area contributed by atoms with E-state index < -0.39 is 15.3 Å². The van der Waals surface area contributed by atoms with Crippen LogP contribution in [0.2, 0.25) is 0 Å². The molecule has 0 bridgehead atoms. The van der Waals surface area contributed by atoms with Crippen molar-refractivity contribution in [3.05, 3.63) is 65.7 Å². The lowest BCUT2D eigenvalue weighted by Crippen LogP contribution is -2.12. The van der Waals surface area contributed by atoms with Crippen molar-refractivity contribution in [2.45, 2.75) is 11.8 Å². The standard InChI is InChI=1S/C16H14ClNO3S/c1-12-5-8-15(9-6-12)22(20,21)18-14-4-2-3-13(11-14)7-10-16(17)19/h2-11,18H,1H3. The van der Waals surface area contributed by atoms with Crippen LogP contribution in [0.15, 0.2) is 59.5 Å². The summed E-state index contributed by atoms with van der Waals surface area (Å²) in [6.45, 7) is 1.89. The predicted octanol–water partition coefficient (Wildman–Crippen LogP) is 3.57. The molecule has 0 heterocycles.